The van der Waals surface area contributed by atoms with Gasteiger partial charge < -0.3 is 10.2 Å². The lowest BCUT2D eigenvalue weighted by Crippen LogP contribution is -2.39. The van der Waals surface area contributed by atoms with Gasteiger partial charge in [-0.05, 0) is 49.8 Å². The van der Waals surface area contributed by atoms with Gasteiger partial charge in [-0.2, -0.15) is 0 Å². The Morgan fingerprint density at radius 1 is 1.23 bits per heavy atom. The fourth-order valence-electron chi connectivity index (χ4n) is 3.54. The second-order valence-electron chi connectivity index (χ2n) is 6.19. The maximum absolute atomic E-state index is 6.11. The molecular formula is C18H19ClN2S. The summed E-state index contributed by atoms with van der Waals surface area (Å²) in [6.45, 7) is 2.33. The van der Waals surface area contributed by atoms with Gasteiger partial charge in [0, 0.05) is 33.3 Å². The number of nitrogens with one attached hydrogen (secondary N) is 1. The van der Waals surface area contributed by atoms with E-state index in [2.05, 4.69) is 41.5 Å². The molecule has 2 heterocycles. The molecular weight excluding hydrogens is 312 g/mol. The Hall–Kier alpha value is -1.16. The van der Waals surface area contributed by atoms with Crippen molar-refractivity contribution in [2.75, 3.05) is 25.5 Å². The maximum atomic E-state index is 6.11. The number of nitrogens with zero attached hydrogens (tertiary/aromatic N) is 1. The molecule has 2 aliphatic heterocycles. The topological polar surface area (TPSA) is 15.3 Å². The van der Waals surface area contributed by atoms with Crippen LogP contribution in [0.1, 0.15) is 17.9 Å². The Morgan fingerprint density at radius 2 is 2.09 bits per heavy atom. The van der Waals surface area contributed by atoms with Crippen molar-refractivity contribution in [1.29, 1.82) is 0 Å². The van der Waals surface area contributed by atoms with E-state index in [4.69, 9.17) is 11.6 Å². The van der Waals surface area contributed by atoms with E-state index in [1.54, 1.807) is 11.8 Å². The maximum Gasteiger partial charge on any atom is 0.0521 e. The van der Waals surface area contributed by atoms with Crippen LogP contribution in [-0.4, -0.2) is 31.1 Å². The first-order valence-corrected chi connectivity index (χ1v) is 8.91. The summed E-state index contributed by atoms with van der Waals surface area (Å²) in [6, 6.07) is 15.3. The quantitative estimate of drug-likeness (QED) is 0.859. The molecule has 2 aromatic rings. The number of anilines is 1. The molecule has 0 aliphatic carbocycles. The minimum absolute atomic E-state index is 0.590. The van der Waals surface area contributed by atoms with E-state index < -0.39 is 0 Å². The van der Waals surface area contributed by atoms with Gasteiger partial charge in [0.25, 0.3) is 0 Å². The minimum Gasteiger partial charge on any atom is -0.380 e. The van der Waals surface area contributed by atoms with Crippen molar-refractivity contribution in [3.8, 4) is 0 Å². The summed E-state index contributed by atoms with van der Waals surface area (Å²) in [6.07, 6.45) is 1.22. The van der Waals surface area contributed by atoms with Crippen molar-refractivity contribution in [3.05, 3.63) is 53.1 Å². The Kier molecular flexibility index (Phi) is 3.81. The predicted octanol–water partition coefficient (Wildman–Crippen LogP) is 4.70. The molecule has 2 aliphatic rings. The highest BCUT2D eigenvalue weighted by Gasteiger charge is 2.36. The van der Waals surface area contributed by atoms with Crippen molar-refractivity contribution in [1.82, 2.24) is 4.90 Å². The van der Waals surface area contributed by atoms with E-state index in [1.165, 1.54) is 34.0 Å². The van der Waals surface area contributed by atoms with Crippen molar-refractivity contribution < 1.29 is 0 Å². The number of piperidine rings is 1. The van der Waals surface area contributed by atoms with Crippen molar-refractivity contribution in [2.24, 2.45) is 0 Å². The van der Waals surface area contributed by atoms with Crippen molar-refractivity contribution >= 4 is 29.1 Å². The molecule has 0 radical (unpaired) electrons. The van der Waals surface area contributed by atoms with E-state index in [-0.39, 0.29) is 0 Å². The number of likely N-dealkylation sites (N-methyl/N-ethyl adjacent to an activating group) is 1. The first-order chi connectivity index (χ1) is 10.7. The van der Waals surface area contributed by atoms with Crippen LogP contribution in [-0.2, 0) is 0 Å². The molecule has 22 heavy (non-hydrogen) atoms. The van der Waals surface area contributed by atoms with Crippen LogP contribution in [0.4, 0.5) is 5.69 Å². The highest BCUT2D eigenvalue weighted by atomic mass is 35.5. The first kappa shape index (κ1) is 14.4. The van der Waals surface area contributed by atoms with E-state index in [0.717, 1.165) is 11.6 Å². The molecule has 0 saturated carbocycles. The summed E-state index contributed by atoms with van der Waals surface area (Å²) >= 11 is 7.90. The molecule has 2 atom stereocenters. The minimum atomic E-state index is 0.590. The third-order valence-electron chi connectivity index (χ3n) is 4.63. The third-order valence-corrected chi connectivity index (χ3v) is 5.91. The number of halogens is 1. The zero-order valence-electron chi connectivity index (χ0n) is 12.6. The van der Waals surface area contributed by atoms with Crippen molar-refractivity contribution in [2.45, 2.75) is 28.2 Å². The predicted molar refractivity (Wildman–Crippen MR) is 94.3 cm³/mol. The largest absolute Gasteiger partial charge is 0.380 e. The van der Waals surface area contributed by atoms with Gasteiger partial charge in [0.1, 0.15) is 0 Å². The second-order valence-corrected chi connectivity index (χ2v) is 7.74. The van der Waals surface area contributed by atoms with Gasteiger partial charge in [-0.25, -0.2) is 0 Å². The highest BCUT2D eigenvalue weighted by molar-refractivity contribution is 7.99. The Morgan fingerprint density at radius 3 is 2.95 bits per heavy atom. The average Bonchev–Trinajstić information content (AvgIpc) is 2.87. The van der Waals surface area contributed by atoms with Crippen LogP contribution < -0.4 is 5.32 Å². The standard InChI is InChI=1S/C18H19ClN2S/c1-21-9-8-16-15(11-21)14-6-3-7-17(18(14)20-16)22-13-5-2-4-12(19)10-13/h2-7,10,15-16,20H,8-9,11H2,1H3. The second kappa shape index (κ2) is 5.80. The van der Waals surface area contributed by atoms with Gasteiger partial charge in [-0.1, -0.05) is 41.6 Å². The smallest absolute Gasteiger partial charge is 0.0521 e. The van der Waals surface area contributed by atoms with Crippen LogP contribution in [0.15, 0.2) is 52.3 Å². The molecule has 2 nitrogen and oxygen atoms in total. The molecule has 2 aromatic carbocycles. The van der Waals surface area contributed by atoms with Gasteiger partial charge >= 0.3 is 0 Å². The molecule has 2 unspecified atom stereocenters. The summed E-state index contributed by atoms with van der Waals surface area (Å²) in [7, 11) is 2.22. The summed E-state index contributed by atoms with van der Waals surface area (Å²) in [5.74, 6) is 0.619. The molecule has 4 rings (SSSR count). The third kappa shape index (κ3) is 2.62. The number of fused-ring (bicyclic) bond motifs is 3. The zero-order valence-corrected chi connectivity index (χ0v) is 14.1. The fraction of sp³-hybridized carbons (Fsp3) is 0.333. The van der Waals surface area contributed by atoms with Gasteiger partial charge in [0.2, 0.25) is 0 Å². The Bertz CT molecular complexity index is 703. The normalized spacial score (nSPS) is 23.7. The molecule has 114 valence electrons. The number of benzene rings is 2. The molecule has 1 fully saturated rings. The fourth-order valence-corrected chi connectivity index (χ4v) is 4.81. The van der Waals surface area contributed by atoms with Gasteiger partial charge in [0.05, 0.1) is 5.69 Å². The molecule has 1 N–H and O–H groups in total. The Labute approximate surface area is 140 Å². The van der Waals surface area contributed by atoms with Gasteiger partial charge in [0.15, 0.2) is 0 Å². The number of para-hydroxylation sites is 1. The van der Waals surface area contributed by atoms with E-state index in [1.807, 2.05) is 18.2 Å². The monoisotopic (exact) mass is 330 g/mol. The average molecular weight is 331 g/mol. The van der Waals surface area contributed by atoms with Crippen molar-refractivity contribution in [3.63, 3.8) is 0 Å². The number of rotatable bonds is 2. The molecule has 0 bridgehead atoms. The molecule has 4 heteroatoms. The number of hydrogen-bond acceptors (Lipinski definition) is 3. The lowest BCUT2D eigenvalue weighted by atomic mass is 9.90. The van der Waals surface area contributed by atoms with Crippen LogP contribution >= 0.6 is 23.4 Å². The van der Waals surface area contributed by atoms with E-state index >= 15 is 0 Å². The van der Waals surface area contributed by atoms with Crippen LogP contribution in [0, 0.1) is 0 Å². The summed E-state index contributed by atoms with van der Waals surface area (Å²) < 4.78 is 0. The summed E-state index contributed by atoms with van der Waals surface area (Å²) in [5.41, 5.74) is 2.81. The van der Waals surface area contributed by atoms with Crippen LogP contribution in [0.3, 0.4) is 0 Å². The van der Waals surface area contributed by atoms with E-state index in [0.29, 0.717) is 12.0 Å². The zero-order chi connectivity index (χ0) is 15.1. The van der Waals surface area contributed by atoms with Gasteiger partial charge in [-0.3, -0.25) is 0 Å². The SMILES string of the molecule is CN1CCC2Nc3c(Sc4cccc(Cl)c4)cccc3C2C1. The summed E-state index contributed by atoms with van der Waals surface area (Å²) in [4.78, 5) is 4.93. The lowest BCUT2D eigenvalue weighted by Gasteiger charge is -2.32. The lowest BCUT2D eigenvalue weighted by molar-refractivity contribution is 0.243. The van der Waals surface area contributed by atoms with Gasteiger partial charge in [-0.15, -0.1) is 0 Å². The number of hydrogen-bond donors (Lipinski definition) is 1. The van der Waals surface area contributed by atoms with Crippen LogP contribution in [0.25, 0.3) is 0 Å². The van der Waals surface area contributed by atoms with Crippen LogP contribution in [0.5, 0.6) is 0 Å². The summed E-state index contributed by atoms with van der Waals surface area (Å²) in [5, 5.41) is 4.57. The highest BCUT2D eigenvalue weighted by Crippen LogP contribution is 2.46. The molecule has 0 spiro atoms. The van der Waals surface area contributed by atoms with E-state index in [9.17, 15) is 0 Å². The molecule has 0 amide bonds. The Balaban J connectivity index is 1.66. The first-order valence-electron chi connectivity index (χ1n) is 7.72. The van der Waals surface area contributed by atoms with Crippen LogP contribution in [0.2, 0.25) is 5.02 Å². The molecule has 1 saturated heterocycles. The number of likely N-dealkylation sites (tertiary alicyclic amines) is 1. The molecule has 0 aromatic heterocycles.